The Hall–Kier alpha value is -3.10. The standard InChI is InChI=1S/C18H22N4O5/c1-11-6-13(27-5-3-4-15(24)21(2)10-16(25)26)7-12-8-22-9-14(23)19-18(22)20-17(11)12/h6-7H,3-5,8-10H2,1-2H3,(H,25,26)(H,19,20,23). The van der Waals surface area contributed by atoms with Gasteiger partial charge in [0.15, 0.2) is 0 Å². The van der Waals surface area contributed by atoms with Gasteiger partial charge in [0.1, 0.15) is 18.8 Å². The monoisotopic (exact) mass is 374 g/mol. The lowest BCUT2D eigenvalue weighted by molar-refractivity contribution is -0.143. The number of nitrogens with zero attached hydrogens (tertiary/aromatic N) is 3. The molecule has 27 heavy (non-hydrogen) atoms. The van der Waals surface area contributed by atoms with Gasteiger partial charge in [0, 0.05) is 25.6 Å². The van der Waals surface area contributed by atoms with Crippen LogP contribution < -0.4 is 10.1 Å². The van der Waals surface area contributed by atoms with E-state index in [1.807, 2.05) is 24.0 Å². The molecule has 144 valence electrons. The number of carboxylic acid groups (broad SMARTS) is 1. The van der Waals surface area contributed by atoms with Gasteiger partial charge in [0.05, 0.1) is 12.3 Å². The van der Waals surface area contributed by atoms with Crippen molar-refractivity contribution in [2.45, 2.75) is 26.3 Å². The second-order valence-corrected chi connectivity index (χ2v) is 6.68. The third-order valence-electron chi connectivity index (χ3n) is 4.42. The largest absolute Gasteiger partial charge is 0.494 e. The first-order valence-electron chi connectivity index (χ1n) is 8.69. The number of aryl methyl sites for hydroxylation is 1. The van der Waals surface area contributed by atoms with Crippen molar-refractivity contribution in [3.63, 3.8) is 0 Å². The summed E-state index contributed by atoms with van der Waals surface area (Å²) in [6, 6.07) is 3.79. The zero-order valence-electron chi connectivity index (χ0n) is 15.3. The first-order chi connectivity index (χ1) is 12.8. The molecule has 0 atom stereocenters. The summed E-state index contributed by atoms with van der Waals surface area (Å²) in [5.41, 5.74) is 2.79. The van der Waals surface area contributed by atoms with Crippen LogP contribution in [0.25, 0.3) is 0 Å². The molecule has 0 unspecified atom stereocenters. The van der Waals surface area contributed by atoms with Crippen molar-refractivity contribution in [1.29, 1.82) is 0 Å². The topological polar surface area (TPSA) is 112 Å². The Morgan fingerprint density at radius 2 is 2.15 bits per heavy atom. The van der Waals surface area contributed by atoms with E-state index in [9.17, 15) is 14.4 Å². The predicted molar refractivity (Wildman–Crippen MR) is 96.8 cm³/mol. The maximum Gasteiger partial charge on any atom is 0.323 e. The van der Waals surface area contributed by atoms with Gasteiger partial charge in [-0.05, 0) is 31.0 Å². The molecular weight excluding hydrogens is 352 g/mol. The second-order valence-electron chi connectivity index (χ2n) is 6.68. The lowest BCUT2D eigenvalue weighted by Crippen LogP contribution is -2.32. The Balaban J connectivity index is 1.55. The van der Waals surface area contributed by atoms with E-state index >= 15 is 0 Å². The van der Waals surface area contributed by atoms with Crippen LogP contribution in [-0.2, 0) is 20.9 Å². The molecule has 1 aromatic carbocycles. The van der Waals surface area contributed by atoms with Gasteiger partial charge in [-0.25, -0.2) is 4.99 Å². The molecule has 1 saturated heterocycles. The molecule has 0 spiro atoms. The Labute approximate surface area is 156 Å². The highest BCUT2D eigenvalue weighted by Gasteiger charge is 2.29. The summed E-state index contributed by atoms with van der Waals surface area (Å²) in [7, 11) is 1.47. The molecule has 0 radical (unpaired) electrons. The lowest BCUT2D eigenvalue weighted by Gasteiger charge is -2.24. The van der Waals surface area contributed by atoms with Gasteiger partial charge in [0.25, 0.3) is 0 Å². The average molecular weight is 374 g/mol. The molecule has 3 rings (SSSR count). The number of hydrogen-bond acceptors (Lipinski definition) is 6. The zero-order valence-corrected chi connectivity index (χ0v) is 15.3. The van der Waals surface area contributed by atoms with Crippen LogP contribution >= 0.6 is 0 Å². The first-order valence-corrected chi connectivity index (χ1v) is 8.69. The quantitative estimate of drug-likeness (QED) is 0.677. The van der Waals surface area contributed by atoms with Crippen molar-refractivity contribution in [2.75, 3.05) is 26.7 Å². The van der Waals surface area contributed by atoms with Gasteiger partial charge in [-0.3, -0.25) is 19.7 Å². The number of amides is 2. The van der Waals surface area contributed by atoms with Gasteiger partial charge in [0.2, 0.25) is 17.8 Å². The van der Waals surface area contributed by atoms with E-state index in [4.69, 9.17) is 9.84 Å². The molecule has 2 aliphatic rings. The predicted octanol–water partition coefficient (Wildman–Crippen LogP) is 0.630. The van der Waals surface area contributed by atoms with E-state index in [2.05, 4.69) is 10.3 Å². The number of carbonyl (C=O) groups is 3. The zero-order chi connectivity index (χ0) is 19.6. The number of rotatable bonds is 7. The summed E-state index contributed by atoms with van der Waals surface area (Å²) >= 11 is 0. The number of carbonyl (C=O) groups excluding carboxylic acids is 2. The minimum absolute atomic E-state index is 0.0618. The number of aliphatic imine (C=N–C) groups is 1. The van der Waals surface area contributed by atoms with Crippen LogP contribution in [0.1, 0.15) is 24.0 Å². The van der Waals surface area contributed by atoms with Crippen molar-refractivity contribution in [2.24, 2.45) is 4.99 Å². The highest BCUT2D eigenvalue weighted by Crippen LogP contribution is 2.34. The molecule has 0 bridgehead atoms. The summed E-state index contributed by atoms with van der Waals surface area (Å²) in [4.78, 5) is 41.5. The maximum absolute atomic E-state index is 11.8. The van der Waals surface area contributed by atoms with E-state index in [-0.39, 0.29) is 24.8 Å². The Bertz CT molecular complexity index is 820. The fourth-order valence-corrected chi connectivity index (χ4v) is 3.11. The van der Waals surface area contributed by atoms with Crippen molar-refractivity contribution in [3.05, 3.63) is 23.3 Å². The Kier molecular flexibility index (Phi) is 5.29. The minimum atomic E-state index is -1.03. The van der Waals surface area contributed by atoms with Crippen molar-refractivity contribution < 1.29 is 24.2 Å². The van der Waals surface area contributed by atoms with Crippen LogP contribution in [-0.4, -0.2) is 65.4 Å². The highest BCUT2D eigenvalue weighted by molar-refractivity contribution is 6.06. The molecule has 2 heterocycles. The van der Waals surface area contributed by atoms with Crippen LogP contribution in [0.15, 0.2) is 17.1 Å². The van der Waals surface area contributed by atoms with E-state index in [0.717, 1.165) is 16.8 Å². The van der Waals surface area contributed by atoms with Crippen LogP contribution in [0, 0.1) is 6.92 Å². The third-order valence-corrected chi connectivity index (χ3v) is 4.42. The van der Waals surface area contributed by atoms with Crippen LogP contribution in [0.4, 0.5) is 5.69 Å². The van der Waals surface area contributed by atoms with Crippen molar-refractivity contribution in [1.82, 2.24) is 15.1 Å². The number of benzene rings is 1. The van der Waals surface area contributed by atoms with Crippen molar-refractivity contribution >= 4 is 29.4 Å². The van der Waals surface area contributed by atoms with Gasteiger partial charge in [-0.2, -0.15) is 0 Å². The maximum atomic E-state index is 11.8. The van der Waals surface area contributed by atoms with Crippen LogP contribution in [0.3, 0.4) is 0 Å². The second kappa shape index (κ2) is 7.65. The number of hydrogen-bond donors (Lipinski definition) is 2. The number of nitrogens with one attached hydrogen (secondary N) is 1. The van der Waals surface area contributed by atoms with Gasteiger partial charge in [-0.15, -0.1) is 0 Å². The summed E-state index contributed by atoms with van der Waals surface area (Å²) < 4.78 is 5.76. The molecule has 1 fully saturated rings. The molecular formula is C18H22N4O5. The molecule has 1 aromatic rings. The molecule has 0 aromatic heterocycles. The molecule has 9 heteroatoms. The van der Waals surface area contributed by atoms with E-state index in [1.165, 1.54) is 11.9 Å². The summed E-state index contributed by atoms with van der Waals surface area (Å²) in [5.74, 6) is -0.0424. The van der Waals surface area contributed by atoms with Crippen LogP contribution in [0.5, 0.6) is 5.75 Å². The number of carboxylic acids is 1. The first kappa shape index (κ1) is 18.7. The summed E-state index contributed by atoms with van der Waals surface area (Å²) in [6.07, 6.45) is 0.717. The summed E-state index contributed by atoms with van der Waals surface area (Å²) in [5, 5.41) is 11.4. The number of likely N-dealkylation sites (N-methyl/N-ethyl adjacent to an activating group) is 1. The number of guanidine groups is 1. The third kappa shape index (κ3) is 4.36. The van der Waals surface area contributed by atoms with Gasteiger partial charge in [-0.1, -0.05) is 0 Å². The van der Waals surface area contributed by atoms with Crippen molar-refractivity contribution in [3.8, 4) is 5.75 Å². The average Bonchev–Trinajstić information content (AvgIpc) is 2.95. The van der Waals surface area contributed by atoms with E-state index < -0.39 is 5.97 Å². The lowest BCUT2D eigenvalue weighted by atomic mass is 10.1. The molecule has 0 saturated carbocycles. The fourth-order valence-electron chi connectivity index (χ4n) is 3.11. The number of ether oxygens (including phenoxy) is 1. The minimum Gasteiger partial charge on any atom is -0.494 e. The molecule has 2 aliphatic heterocycles. The van der Waals surface area contributed by atoms with Gasteiger partial charge < -0.3 is 19.6 Å². The number of aliphatic carboxylic acids is 1. The molecule has 0 aliphatic carbocycles. The highest BCUT2D eigenvalue weighted by atomic mass is 16.5. The van der Waals surface area contributed by atoms with Crippen LogP contribution in [0.2, 0.25) is 0 Å². The molecule has 2 amide bonds. The van der Waals surface area contributed by atoms with Gasteiger partial charge >= 0.3 is 5.97 Å². The van der Waals surface area contributed by atoms with E-state index in [1.54, 1.807) is 0 Å². The fraction of sp³-hybridized carbons (Fsp3) is 0.444. The Morgan fingerprint density at radius 3 is 2.89 bits per heavy atom. The molecule has 2 N–H and O–H groups in total. The number of fused-ring (bicyclic) bond motifs is 2. The molecule has 9 nitrogen and oxygen atoms in total. The summed E-state index contributed by atoms with van der Waals surface area (Å²) in [6.45, 7) is 2.87. The Morgan fingerprint density at radius 1 is 1.37 bits per heavy atom. The smallest absolute Gasteiger partial charge is 0.323 e. The van der Waals surface area contributed by atoms with E-state index in [0.29, 0.717) is 37.8 Å². The SMILES string of the molecule is Cc1cc(OCCCC(=O)N(C)CC(=O)O)cc2c1N=C1NC(=O)CN1C2. The normalized spacial score (nSPS) is 14.8.